The average Bonchev–Trinajstić information content (AvgIpc) is 3.01. The molecular weight excluding hydrogens is 310 g/mol. The molecule has 7 nitrogen and oxygen atoms in total. The second-order valence-corrected chi connectivity index (χ2v) is 7.13. The molecule has 0 saturated carbocycles. The lowest BCUT2D eigenvalue weighted by Gasteiger charge is -2.16. The van der Waals surface area contributed by atoms with Crippen LogP contribution in [0, 0.1) is 0 Å². The number of rotatable bonds is 5. The molecule has 114 valence electrons. The maximum Gasteiger partial charge on any atom is 0.313 e. The van der Waals surface area contributed by atoms with Gasteiger partial charge in [-0.05, 0) is 18.5 Å². The molecule has 0 aromatic carbocycles. The van der Waals surface area contributed by atoms with E-state index in [-0.39, 0.29) is 11.2 Å². The molecule has 1 N–H and O–H groups in total. The van der Waals surface area contributed by atoms with E-state index in [0.29, 0.717) is 17.5 Å². The first-order valence-electron chi connectivity index (χ1n) is 6.45. The summed E-state index contributed by atoms with van der Waals surface area (Å²) in [5.41, 5.74) is 0.741. The van der Waals surface area contributed by atoms with Crippen molar-refractivity contribution < 1.29 is 9.90 Å². The molecule has 2 rings (SSSR count). The Kier molecular flexibility index (Phi) is 4.62. The van der Waals surface area contributed by atoms with Gasteiger partial charge in [-0.15, -0.1) is 15.3 Å². The SMILES string of the molecule is CCn1c(SCC(=O)O)nnc1-c1snnc1C(C)(C)C. The van der Waals surface area contributed by atoms with Gasteiger partial charge in [-0.1, -0.05) is 37.0 Å². The highest BCUT2D eigenvalue weighted by molar-refractivity contribution is 7.99. The van der Waals surface area contributed by atoms with Gasteiger partial charge in [0.05, 0.1) is 11.4 Å². The summed E-state index contributed by atoms with van der Waals surface area (Å²) in [7, 11) is 0. The van der Waals surface area contributed by atoms with Gasteiger partial charge in [0.2, 0.25) is 0 Å². The van der Waals surface area contributed by atoms with Gasteiger partial charge >= 0.3 is 5.97 Å². The number of carbonyl (C=O) groups is 1. The van der Waals surface area contributed by atoms with Crippen LogP contribution in [0.15, 0.2) is 5.16 Å². The van der Waals surface area contributed by atoms with Crippen molar-refractivity contribution in [3.8, 4) is 10.7 Å². The van der Waals surface area contributed by atoms with Crippen LogP contribution in [0.1, 0.15) is 33.4 Å². The molecule has 0 aliphatic heterocycles. The lowest BCUT2D eigenvalue weighted by atomic mass is 9.91. The van der Waals surface area contributed by atoms with E-state index in [4.69, 9.17) is 5.11 Å². The molecule has 2 aromatic heterocycles. The normalized spacial score (nSPS) is 11.8. The fraction of sp³-hybridized carbons (Fsp3) is 0.583. The maximum atomic E-state index is 10.7. The van der Waals surface area contributed by atoms with Crippen molar-refractivity contribution in [2.24, 2.45) is 0 Å². The lowest BCUT2D eigenvalue weighted by molar-refractivity contribution is -0.133. The Balaban J connectivity index is 2.41. The molecule has 0 fully saturated rings. The van der Waals surface area contributed by atoms with Gasteiger partial charge in [-0.3, -0.25) is 4.79 Å². The third-order valence-corrected chi connectivity index (χ3v) is 4.43. The average molecular weight is 327 g/mol. The van der Waals surface area contributed by atoms with Crippen LogP contribution >= 0.6 is 23.3 Å². The summed E-state index contributed by atoms with van der Waals surface area (Å²) in [6.45, 7) is 8.84. The van der Waals surface area contributed by atoms with Crippen molar-refractivity contribution >= 4 is 29.3 Å². The molecule has 0 spiro atoms. The van der Waals surface area contributed by atoms with E-state index >= 15 is 0 Å². The van der Waals surface area contributed by atoms with Gasteiger partial charge in [0.25, 0.3) is 0 Å². The van der Waals surface area contributed by atoms with Crippen LogP contribution in [-0.2, 0) is 16.8 Å². The molecule has 0 amide bonds. The summed E-state index contributed by atoms with van der Waals surface area (Å²) in [5, 5.41) is 21.9. The van der Waals surface area contributed by atoms with Crippen LogP contribution in [0.25, 0.3) is 10.7 Å². The van der Waals surface area contributed by atoms with Crippen molar-refractivity contribution in [3.05, 3.63) is 5.69 Å². The summed E-state index contributed by atoms with van der Waals surface area (Å²) in [6, 6.07) is 0. The van der Waals surface area contributed by atoms with E-state index in [1.54, 1.807) is 0 Å². The van der Waals surface area contributed by atoms with Crippen molar-refractivity contribution in [1.82, 2.24) is 24.4 Å². The summed E-state index contributed by atoms with van der Waals surface area (Å²) >= 11 is 2.45. The molecule has 0 radical (unpaired) electrons. The van der Waals surface area contributed by atoms with E-state index in [9.17, 15) is 4.79 Å². The largest absolute Gasteiger partial charge is 0.481 e. The zero-order valence-electron chi connectivity index (χ0n) is 12.3. The maximum absolute atomic E-state index is 10.7. The topological polar surface area (TPSA) is 93.8 Å². The van der Waals surface area contributed by atoms with Crippen molar-refractivity contribution in [3.63, 3.8) is 0 Å². The Morgan fingerprint density at radius 1 is 1.33 bits per heavy atom. The Hall–Kier alpha value is -1.48. The minimum absolute atomic E-state index is 0.0365. The number of thioether (sulfide) groups is 1. The number of hydrogen-bond acceptors (Lipinski definition) is 7. The van der Waals surface area contributed by atoms with Crippen molar-refractivity contribution in [2.45, 2.75) is 44.8 Å². The van der Waals surface area contributed by atoms with Crippen molar-refractivity contribution in [2.75, 3.05) is 5.75 Å². The number of nitrogens with zero attached hydrogens (tertiary/aromatic N) is 5. The van der Waals surface area contributed by atoms with Crippen molar-refractivity contribution in [1.29, 1.82) is 0 Å². The zero-order valence-corrected chi connectivity index (χ0v) is 14.0. The highest BCUT2D eigenvalue weighted by Gasteiger charge is 2.27. The van der Waals surface area contributed by atoms with Gasteiger partial charge in [0.15, 0.2) is 11.0 Å². The zero-order chi connectivity index (χ0) is 15.6. The Labute approximate surface area is 131 Å². The first kappa shape index (κ1) is 15.9. The van der Waals surface area contributed by atoms with Crippen LogP contribution in [0.2, 0.25) is 0 Å². The smallest absolute Gasteiger partial charge is 0.313 e. The minimum atomic E-state index is -0.873. The minimum Gasteiger partial charge on any atom is -0.481 e. The van der Waals surface area contributed by atoms with E-state index < -0.39 is 5.97 Å². The molecule has 0 saturated heterocycles. The Bertz CT molecular complexity index is 644. The quantitative estimate of drug-likeness (QED) is 0.842. The standard InChI is InChI=1S/C12H17N5O2S2/c1-5-17-10(14-15-11(17)20-6-7(18)19)8-9(12(2,3)4)13-16-21-8/h5-6H2,1-4H3,(H,18,19). The van der Waals surface area contributed by atoms with E-state index in [2.05, 4.69) is 40.6 Å². The number of aromatic nitrogens is 5. The van der Waals surface area contributed by atoms with Gasteiger partial charge in [-0.2, -0.15) is 0 Å². The van der Waals surface area contributed by atoms with E-state index in [1.807, 2.05) is 11.5 Å². The number of aliphatic carboxylic acids is 1. The van der Waals surface area contributed by atoms with Crippen LogP contribution in [0.4, 0.5) is 0 Å². The second kappa shape index (κ2) is 6.10. The third-order valence-electron chi connectivity index (χ3n) is 2.76. The van der Waals surface area contributed by atoms with Gasteiger partial charge in [-0.25, -0.2) is 0 Å². The molecule has 0 unspecified atom stereocenters. The molecule has 9 heteroatoms. The second-order valence-electron chi connectivity index (χ2n) is 5.43. The summed E-state index contributed by atoms with van der Waals surface area (Å²) in [4.78, 5) is 11.6. The first-order chi connectivity index (χ1) is 9.84. The van der Waals surface area contributed by atoms with Crippen LogP contribution in [0.3, 0.4) is 0 Å². The predicted octanol–water partition coefficient (Wildman–Crippen LogP) is 2.29. The van der Waals surface area contributed by atoms with E-state index in [1.165, 1.54) is 11.5 Å². The van der Waals surface area contributed by atoms with Gasteiger partial charge in [0.1, 0.15) is 4.88 Å². The molecule has 0 atom stereocenters. The highest BCUT2D eigenvalue weighted by atomic mass is 32.2. The Morgan fingerprint density at radius 3 is 2.62 bits per heavy atom. The summed E-state index contributed by atoms with van der Waals surface area (Å²) in [5.74, 6) is -0.210. The van der Waals surface area contributed by atoms with Gasteiger partial charge < -0.3 is 9.67 Å². The highest BCUT2D eigenvalue weighted by Crippen LogP contribution is 2.34. The molecule has 0 aliphatic rings. The molecular formula is C12H17N5O2S2. The third kappa shape index (κ3) is 3.41. The lowest BCUT2D eigenvalue weighted by Crippen LogP contribution is -2.14. The van der Waals surface area contributed by atoms with Crippen LogP contribution in [-0.4, -0.2) is 41.2 Å². The monoisotopic (exact) mass is 327 g/mol. The number of carboxylic acids is 1. The number of hydrogen-bond donors (Lipinski definition) is 1. The number of carboxylic acid groups (broad SMARTS) is 1. The predicted molar refractivity (Wildman–Crippen MR) is 81.7 cm³/mol. The molecule has 2 aromatic rings. The first-order valence-corrected chi connectivity index (χ1v) is 8.21. The van der Waals surface area contributed by atoms with Gasteiger partial charge in [0, 0.05) is 12.0 Å². The molecule has 0 aliphatic carbocycles. The summed E-state index contributed by atoms with van der Waals surface area (Å²) in [6.07, 6.45) is 0. The Morgan fingerprint density at radius 2 is 2.05 bits per heavy atom. The molecule has 21 heavy (non-hydrogen) atoms. The van der Waals surface area contributed by atoms with Crippen LogP contribution < -0.4 is 0 Å². The van der Waals surface area contributed by atoms with Crippen LogP contribution in [0.5, 0.6) is 0 Å². The van der Waals surface area contributed by atoms with E-state index in [0.717, 1.165) is 22.3 Å². The summed E-state index contributed by atoms with van der Waals surface area (Å²) < 4.78 is 5.93. The molecule has 0 bridgehead atoms. The fourth-order valence-electron chi connectivity index (χ4n) is 1.80. The fourth-order valence-corrected chi connectivity index (χ4v) is 3.40. The molecule has 2 heterocycles.